The predicted molar refractivity (Wildman–Crippen MR) is 78.9 cm³/mol. The van der Waals surface area contributed by atoms with Gasteiger partial charge in [-0.15, -0.1) is 0 Å². The van der Waals surface area contributed by atoms with Crippen molar-refractivity contribution in [1.82, 2.24) is 10.2 Å². The van der Waals surface area contributed by atoms with Crippen LogP contribution in [0, 0.1) is 11.8 Å². The molecule has 0 aromatic heterocycles. The lowest BCUT2D eigenvalue weighted by molar-refractivity contribution is 0.0878. The molecule has 0 amide bonds. The topological polar surface area (TPSA) is 15.3 Å². The third-order valence-corrected chi connectivity index (χ3v) is 5.53. The van der Waals surface area contributed by atoms with E-state index in [9.17, 15) is 0 Å². The fourth-order valence-electron chi connectivity index (χ4n) is 3.94. The summed E-state index contributed by atoms with van der Waals surface area (Å²) in [5, 5.41) is 3.61. The van der Waals surface area contributed by atoms with Gasteiger partial charge >= 0.3 is 0 Å². The van der Waals surface area contributed by atoms with E-state index in [-0.39, 0.29) is 0 Å². The van der Waals surface area contributed by atoms with Gasteiger partial charge in [0, 0.05) is 18.6 Å². The zero-order valence-corrected chi connectivity index (χ0v) is 12.6. The third kappa shape index (κ3) is 3.48. The summed E-state index contributed by atoms with van der Waals surface area (Å²) in [5.74, 6) is 1.80. The minimum atomic E-state index is 0.720. The van der Waals surface area contributed by atoms with Crippen molar-refractivity contribution in [1.29, 1.82) is 0 Å². The highest BCUT2D eigenvalue weighted by Gasteiger charge is 2.29. The largest absolute Gasteiger partial charge is 0.315 e. The summed E-state index contributed by atoms with van der Waals surface area (Å²) in [4.78, 5) is 2.74. The number of hydrogen-bond donors (Lipinski definition) is 1. The molecule has 2 nitrogen and oxygen atoms in total. The normalized spacial score (nSPS) is 33.5. The van der Waals surface area contributed by atoms with Gasteiger partial charge in [0.15, 0.2) is 0 Å². The molecule has 3 atom stereocenters. The molecule has 0 aromatic carbocycles. The monoisotopic (exact) mass is 252 g/mol. The van der Waals surface area contributed by atoms with Crippen LogP contribution in [-0.4, -0.2) is 37.1 Å². The Hall–Kier alpha value is -0.0800. The molecule has 0 radical (unpaired) electrons. The van der Waals surface area contributed by atoms with Gasteiger partial charge in [0.25, 0.3) is 0 Å². The Morgan fingerprint density at radius 3 is 2.44 bits per heavy atom. The molecule has 106 valence electrons. The van der Waals surface area contributed by atoms with Crippen LogP contribution in [0.4, 0.5) is 0 Å². The summed E-state index contributed by atoms with van der Waals surface area (Å²) in [7, 11) is 2.16. The van der Waals surface area contributed by atoms with Crippen LogP contribution in [0.3, 0.4) is 0 Å². The average molecular weight is 252 g/mol. The molecule has 1 aliphatic carbocycles. The second kappa shape index (κ2) is 6.91. The molecule has 1 saturated carbocycles. The van der Waals surface area contributed by atoms with Gasteiger partial charge < -0.3 is 5.32 Å². The summed E-state index contributed by atoms with van der Waals surface area (Å²) in [6.45, 7) is 7.44. The lowest BCUT2D eigenvalue weighted by Crippen LogP contribution is -2.51. The van der Waals surface area contributed by atoms with E-state index in [1.807, 2.05) is 0 Å². The van der Waals surface area contributed by atoms with Gasteiger partial charge in [-0.05, 0) is 58.0 Å². The number of nitrogens with zero attached hydrogens (tertiary/aromatic N) is 1. The Morgan fingerprint density at radius 1 is 1.06 bits per heavy atom. The number of hydrogen-bond acceptors (Lipinski definition) is 2. The van der Waals surface area contributed by atoms with E-state index in [0.29, 0.717) is 0 Å². The van der Waals surface area contributed by atoms with Gasteiger partial charge in [-0.25, -0.2) is 0 Å². The molecule has 0 aromatic rings. The minimum absolute atomic E-state index is 0.720. The van der Waals surface area contributed by atoms with E-state index in [1.165, 1.54) is 58.0 Å². The maximum Gasteiger partial charge on any atom is 0.0220 e. The van der Waals surface area contributed by atoms with E-state index in [1.54, 1.807) is 0 Å². The van der Waals surface area contributed by atoms with Crippen LogP contribution >= 0.6 is 0 Å². The van der Waals surface area contributed by atoms with Crippen LogP contribution in [0.1, 0.15) is 58.8 Å². The highest BCUT2D eigenvalue weighted by atomic mass is 15.2. The van der Waals surface area contributed by atoms with E-state index in [2.05, 4.69) is 31.1 Å². The molecule has 0 bridgehead atoms. The molecular formula is C16H32N2. The molecule has 1 aliphatic heterocycles. The fraction of sp³-hybridized carbons (Fsp3) is 1.00. The van der Waals surface area contributed by atoms with Crippen molar-refractivity contribution in [2.45, 2.75) is 70.9 Å². The van der Waals surface area contributed by atoms with Crippen LogP contribution in [0.2, 0.25) is 0 Å². The van der Waals surface area contributed by atoms with Crippen LogP contribution < -0.4 is 5.32 Å². The zero-order chi connectivity index (χ0) is 13.0. The summed E-state index contributed by atoms with van der Waals surface area (Å²) in [6.07, 6.45) is 10.1. The second-order valence-corrected chi connectivity index (χ2v) is 6.65. The highest BCUT2D eigenvalue weighted by Crippen LogP contribution is 2.29. The summed E-state index contributed by atoms with van der Waals surface area (Å²) >= 11 is 0. The average Bonchev–Trinajstić information content (AvgIpc) is 2.41. The van der Waals surface area contributed by atoms with Gasteiger partial charge in [-0.2, -0.15) is 0 Å². The van der Waals surface area contributed by atoms with Crippen LogP contribution in [0.15, 0.2) is 0 Å². The first-order chi connectivity index (χ1) is 8.72. The van der Waals surface area contributed by atoms with E-state index >= 15 is 0 Å². The van der Waals surface area contributed by atoms with E-state index in [0.717, 1.165) is 23.9 Å². The van der Waals surface area contributed by atoms with Crippen molar-refractivity contribution in [2.75, 3.05) is 20.1 Å². The van der Waals surface area contributed by atoms with E-state index < -0.39 is 0 Å². The van der Waals surface area contributed by atoms with Gasteiger partial charge in [0.05, 0.1) is 0 Å². The van der Waals surface area contributed by atoms with Crippen LogP contribution in [0.25, 0.3) is 0 Å². The molecular weight excluding hydrogens is 220 g/mol. The number of piperidine rings is 1. The molecule has 1 heterocycles. The molecule has 1 saturated heterocycles. The Morgan fingerprint density at radius 2 is 1.78 bits per heavy atom. The van der Waals surface area contributed by atoms with Crippen LogP contribution in [0.5, 0.6) is 0 Å². The van der Waals surface area contributed by atoms with Gasteiger partial charge in [-0.3, -0.25) is 4.90 Å². The molecule has 2 fully saturated rings. The smallest absolute Gasteiger partial charge is 0.0220 e. The molecule has 0 spiro atoms. The quantitative estimate of drug-likeness (QED) is 0.826. The van der Waals surface area contributed by atoms with Crippen molar-refractivity contribution < 1.29 is 0 Å². The first-order valence-corrected chi connectivity index (χ1v) is 8.13. The predicted octanol–water partition coefficient (Wildman–Crippen LogP) is 3.28. The first kappa shape index (κ1) is 14.3. The molecule has 2 aliphatic rings. The fourth-order valence-corrected chi connectivity index (χ4v) is 3.94. The second-order valence-electron chi connectivity index (χ2n) is 6.65. The van der Waals surface area contributed by atoms with Crippen molar-refractivity contribution in [3.8, 4) is 0 Å². The first-order valence-electron chi connectivity index (χ1n) is 8.13. The maximum atomic E-state index is 3.61. The molecule has 2 heteroatoms. The number of rotatable bonds is 4. The zero-order valence-electron chi connectivity index (χ0n) is 12.6. The Balaban J connectivity index is 1.88. The van der Waals surface area contributed by atoms with Gasteiger partial charge in [0.1, 0.15) is 0 Å². The standard InChI is InChI=1S/C16H32N2/c1-13-8-7-11-18(14(13)2)12-16(17-3)15-9-5-4-6-10-15/h13-17H,4-12H2,1-3H3. The van der Waals surface area contributed by atoms with Gasteiger partial charge in [-0.1, -0.05) is 26.2 Å². The Labute approximate surface area is 114 Å². The van der Waals surface area contributed by atoms with Crippen molar-refractivity contribution >= 4 is 0 Å². The molecule has 18 heavy (non-hydrogen) atoms. The van der Waals surface area contributed by atoms with Crippen molar-refractivity contribution in [2.24, 2.45) is 11.8 Å². The highest BCUT2D eigenvalue weighted by molar-refractivity contribution is 4.86. The van der Waals surface area contributed by atoms with Gasteiger partial charge in [0.2, 0.25) is 0 Å². The molecule has 3 unspecified atom stereocenters. The third-order valence-electron chi connectivity index (χ3n) is 5.53. The lowest BCUT2D eigenvalue weighted by Gasteiger charge is -2.41. The Kier molecular flexibility index (Phi) is 5.50. The molecule has 2 rings (SSSR count). The number of likely N-dealkylation sites (tertiary alicyclic amines) is 1. The number of likely N-dealkylation sites (N-methyl/N-ethyl adjacent to an activating group) is 1. The Bertz CT molecular complexity index is 235. The summed E-state index contributed by atoms with van der Waals surface area (Å²) in [6, 6.07) is 1.50. The SMILES string of the molecule is CNC(CN1CCCC(C)C1C)C1CCCCC1. The summed E-state index contributed by atoms with van der Waals surface area (Å²) < 4.78 is 0. The number of nitrogens with one attached hydrogen (secondary N) is 1. The van der Waals surface area contributed by atoms with Crippen molar-refractivity contribution in [3.63, 3.8) is 0 Å². The van der Waals surface area contributed by atoms with E-state index in [4.69, 9.17) is 0 Å². The summed E-state index contributed by atoms with van der Waals surface area (Å²) in [5.41, 5.74) is 0. The van der Waals surface area contributed by atoms with Crippen molar-refractivity contribution in [3.05, 3.63) is 0 Å². The minimum Gasteiger partial charge on any atom is -0.315 e. The van der Waals surface area contributed by atoms with Crippen LogP contribution in [-0.2, 0) is 0 Å². The molecule has 1 N–H and O–H groups in total. The maximum absolute atomic E-state index is 3.61. The lowest BCUT2D eigenvalue weighted by atomic mass is 9.83.